The van der Waals surface area contributed by atoms with Crippen molar-refractivity contribution in [2.24, 2.45) is 0 Å². The summed E-state index contributed by atoms with van der Waals surface area (Å²) in [6, 6.07) is 10.0. The van der Waals surface area contributed by atoms with E-state index in [9.17, 15) is 9.18 Å². The van der Waals surface area contributed by atoms with Crippen molar-refractivity contribution in [3.05, 3.63) is 62.8 Å². The number of halogens is 3. The molecule has 1 amide bonds. The zero-order valence-corrected chi connectivity index (χ0v) is 14.0. The van der Waals surface area contributed by atoms with Crippen molar-refractivity contribution in [3.8, 4) is 0 Å². The van der Waals surface area contributed by atoms with E-state index < -0.39 is 5.82 Å². The van der Waals surface area contributed by atoms with Gasteiger partial charge in [0.25, 0.3) is 0 Å². The van der Waals surface area contributed by atoms with Crippen LogP contribution in [0.5, 0.6) is 0 Å². The Morgan fingerprint density at radius 2 is 2.05 bits per heavy atom. The SMILES string of the molecule is Cc1cc(Br)ccc1N(C)C(=O)Cc1c(F)cccc1Cl. The summed E-state index contributed by atoms with van der Waals surface area (Å²) in [7, 11) is 1.67. The predicted octanol–water partition coefficient (Wildman–Crippen LogP) is 4.76. The molecule has 0 bridgehead atoms. The van der Waals surface area contributed by atoms with Crippen LogP contribution in [0.3, 0.4) is 0 Å². The lowest BCUT2D eigenvalue weighted by Crippen LogP contribution is -2.28. The number of hydrogen-bond donors (Lipinski definition) is 0. The summed E-state index contributed by atoms with van der Waals surface area (Å²) < 4.78 is 14.7. The van der Waals surface area contributed by atoms with Gasteiger partial charge in [-0.15, -0.1) is 0 Å². The van der Waals surface area contributed by atoms with E-state index in [0.717, 1.165) is 15.7 Å². The summed E-state index contributed by atoms with van der Waals surface area (Å²) in [5.74, 6) is -0.677. The van der Waals surface area contributed by atoms with Crippen LogP contribution in [-0.4, -0.2) is 13.0 Å². The number of amides is 1. The molecule has 0 aliphatic rings. The van der Waals surface area contributed by atoms with Gasteiger partial charge in [-0.2, -0.15) is 0 Å². The molecule has 0 aliphatic heterocycles. The Morgan fingerprint density at radius 3 is 2.67 bits per heavy atom. The zero-order chi connectivity index (χ0) is 15.6. The molecule has 0 saturated heterocycles. The first kappa shape index (κ1) is 16.0. The van der Waals surface area contributed by atoms with Crippen LogP contribution in [0.1, 0.15) is 11.1 Å². The van der Waals surface area contributed by atoms with Crippen molar-refractivity contribution in [3.63, 3.8) is 0 Å². The van der Waals surface area contributed by atoms with E-state index in [0.29, 0.717) is 0 Å². The maximum atomic E-state index is 13.7. The van der Waals surface area contributed by atoms with Gasteiger partial charge in [0.2, 0.25) is 5.91 Å². The first-order valence-corrected chi connectivity index (χ1v) is 7.53. The van der Waals surface area contributed by atoms with Crippen molar-refractivity contribution in [2.75, 3.05) is 11.9 Å². The molecule has 0 fully saturated rings. The van der Waals surface area contributed by atoms with E-state index in [1.807, 2.05) is 25.1 Å². The Balaban J connectivity index is 2.24. The standard InChI is InChI=1S/C16H14BrClFNO/c1-10-8-11(17)6-7-15(10)20(2)16(21)9-12-13(18)4-3-5-14(12)19/h3-8H,9H2,1-2H3. The van der Waals surface area contributed by atoms with Crippen molar-refractivity contribution in [1.82, 2.24) is 0 Å². The second kappa shape index (κ2) is 6.58. The molecule has 0 aromatic heterocycles. The minimum Gasteiger partial charge on any atom is -0.315 e. The van der Waals surface area contributed by atoms with Crippen molar-refractivity contribution in [1.29, 1.82) is 0 Å². The molecule has 21 heavy (non-hydrogen) atoms. The molecule has 0 spiro atoms. The Labute approximate surface area is 136 Å². The molecule has 0 radical (unpaired) electrons. The van der Waals surface area contributed by atoms with Gasteiger partial charge >= 0.3 is 0 Å². The van der Waals surface area contributed by atoms with E-state index in [4.69, 9.17) is 11.6 Å². The number of hydrogen-bond acceptors (Lipinski definition) is 1. The van der Waals surface area contributed by atoms with Crippen LogP contribution in [0.15, 0.2) is 40.9 Å². The summed E-state index contributed by atoms with van der Waals surface area (Å²) in [5, 5.41) is 0.268. The highest BCUT2D eigenvalue weighted by atomic mass is 79.9. The summed E-state index contributed by atoms with van der Waals surface area (Å²) in [4.78, 5) is 13.9. The lowest BCUT2D eigenvalue weighted by Gasteiger charge is -2.20. The molecule has 0 heterocycles. The first-order valence-electron chi connectivity index (χ1n) is 6.35. The summed E-state index contributed by atoms with van der Waals surface area (Å²) in [6.07, 6.45) is -0.0719. The van der Waals surface area contributed by atoms with Crippen LogP contribution in [0, 0.1) is 12.7 Å². The maximum Gasteiger partial charge on any atom is 0.231 e. The Kier molecular flexibility index (Phi) is 5.01. The van der Waals surface area contributed by atoms with Gasteiger partial charge in [-0.1, -0.05) is 33.6 Å². The average molecular weight is 371 g/mol. The van der Waals surface area contributed by atoms with Gasteiger partial charge < -0.3 is 4.90 Å². The van der Waals surface area contributed by atoms with E-state index >= 15 is 0 Å². The molecule has 2 aromatic rings. The van der Waals surface area contributed by atoms with E-state index in [1.165, 1.54) is 17.0 Å². The highest BCUT2D eigenvalue weighted by molar-refractivity contribution is 9.10. The number of aryl methyl sites for hydroxylation is 1. The topological polar surface area (TPSA) is 20.3 Å². The van der Waals surface area contributed by atoms with Gasteiger partial charge in [0.15, 0.2) is 0 Å². The summed E-state index contributed by atoms with van der Waals surface area (Å²) >= 11 is 9.34. The molecule has 2 rings (SSSR count). The minimum absolute atomic E-state index is 0.0719. The molecule has 110 valence electrons. The average Bonchev–Trinajstić information content (AvgIpc) is 2.42. The zero-order valence-electron chi connectivity index (χ0n) is 11.7. The summed E-state index contributed by atoms with van der Waals surface area (Å²) in [5.41, 5.74) is 1.97. The molecule has 0 atom stereocenters. The number of benzene rings is 2. The van der Waals surface area contributed by atoms with Gasteiger partial charge in [0, 0.05) is 27.8 Å². The van der Waals surface area contributed by atoms with Crippen LogP contribution in [0.4, 0.5) is 10.1 Å². The van der Waals surface area contributed by atoms with Gasteiger partial charge in [-0.3, -0.25) is 4.79 Å². The Hall–Kier alpha value is -1.39. The Morgan fingerprint density at radius 1 is 1.33 bits per heavy atom. The lowest BCUT2D eigenvalue weighted by molar-refractivity contribution is -0.117. The number of nitrogens with zero attached hydrogens (tertiary/aromatic N) is 1. The number of carbonyl (C=O) groups excluding carboxylic acids is 1. The van der Waals surface area contributed by atoms with Gasteiger partial charge in [0.1, 0.15) is 5.82 Å². The fraction of sp³-hybridized carbons (Fsp3) is 0.188. The minimum atomic E-state index is -0.461. The van der Waals surface area contributed by atoms with Crippen LogP contribution >= 0.6 is 27.5 Å². The third kappa shape index (κ3) is 3.63. The van der Waals surface area contributed by atoms with E-state index in [2.05, 4.69) is 15.9 Å². The monoisotopic (exact) mass is 369 g/mol. The largest absolute Gasteiger partial charge is 0.315 e. The number of anilines is 1. The van der Waals surface area contributed by atoms with Crippen LogP contribution in [-0.2, 0) is 11.2 Å². The van der Waals surface area contributed by atoms with E-state index in [1.54, 1.807) is 13.1 Å². The van der Waals surface area contributed by atoms with E-state index in [-0.39, 0.29) is 22.9 Å². The molecule has 5 heteroatoms. The molecule has 0 saturated carbocycles. The maximum absolute atomic E-state index is 13.7. The highest BCUT2D eigenvalue weighted by Crippen LogP contribution is 2.25. The van der Waals surface area contributed by atoms with Crippen molar-refractivity contribution in [2.45, 2.75) is 13.3 Å². The molecule has 2 aromatic carbocycles. The van der Waals surface area contributed by atoms with Crippen LogP contribution in [0.2, 0.25) is 5.02 Å². The van der Waals surface area contributed by atoms with Crippen LogP contribution < -0.4 is 4.90 Å². The fourth-order valence-electron chi connectivity index (χ4n) is 2.10. The third-order valence-electron chi connectivity index (χ3n) is 3.28. The lowest BCUT2D eigenvalue weighted by atomic mass is 10.1. The number of carbonyl (C=O) groups is 1. The van der Waals surface area contributed by atoms with Gasteiger partial charge in [0.05, 0.1) is 6.42 Å². The number of likely N-dealkylation sites (N-methyl/N-ethyl adjacent to an activating group) is 1. The van der Waals surface area contributed by atoms with Gasteiger partial charge in [-0.05, 0) is 42.8 Å². The molecule has 0 aliphatic carbocycles. The highest BCUT2D eigenvalue weighted by Gasteiger charge is 2.17. The molecule has 0 N–H and O–H groups in total. The third-order valence-corrected chi connectivity index (χ3v) is 4.13. The Bertz CT molecular complexity index is 670. The molecular weight excluding hydrogens is 357 g/mol. The molecule has 2 nitrogen and oxygen atoms in total. The second-order valence-corrected chi connectivity index (χ2v) is 6.08. The quantitative estimate of drug-likeness (QED) is 0.763. The van der Waals surface area contributed by atoms with Crippen molar-refractivity contribution < 1.29 is 9.18 Å². The van der Waals surface area contributed by atoms with Crippen LogP contribution in [0.25, 0.3) is 0 Å². The smallest absolute Gasteiger partial charge is 0.231 e. The summed E-state index contributed by atoms with van der Waals surface area (Å²) in [6.45, 7) is 1.92. The van der Waals surface area contributed by atoms with Crippen molar-refractivity contribution >= 4 is 39.1 Å². The first-order chi connectivity index (χ1) is 9.90. The molecular formula is C16H14BrClFNO. The molecule has 0 unspecified atom stereocenters. The normalized spacial score (nSPS) is 10.5. The van der Waals surface area contributed by atoms with Gasteiger partial charge in [-0.25, -0.2) is 4.39 Å². The fourth-order valence-corrected chi connectivity index (χ4v) is 2.81. The number of rotatable bonds is 3. The second-order valence-electron chi connectivity index (χ2n) is 4.76. The predicted molar refractivity (Wildman–Crippen MR) is 87.4 cm³/mol.